The van der Waals surface area contributed by atoms with Gasteiger partial charge in [0.2, 0.25) is 6.43 Å². The first-order valence-corrected chi connectivity index (χ1v) is 4.46. The molecule has 4 heteroatoms. The van der Waals surface area contributed by atoms with Crippen molar-refractivity contribution < 1.29 is 13.6 Å². The van der Waals surface area contributed by atoms with Gasteiger partial charge in [-0.15, -0.1) is 0 Å². The predicted octanol–water partition coefficient (Wildman–Crippen LogP) is 3.29. The van der Waals surface area contributed by atoms with Crippen molar-refractivity contribution in [3.05, 3.63) is 34.3 Å². The molecule has 1 aromatic rings. The van der Waals surface area contributed by atoms with E-state index in [0.29, 0.717) is 5.56 Å². The lowest BCUT2D eigenvalue weighted by atomic mass is 10.1. The van der Waals surface area contributed by atoms with E-state index in [-0.39, 0.29) is 0 Å². The third-order valence-electron chi connectivity index (χ3n) is 1.51. The number of alkyl halides is 2. The summed E-state index contributed by atoms with van der Waals surface area (Å²) in [6.07, 6.45) is -3.28. The first kappa shape index (κ1) is 10.3. The second kappa shape index (κ2) is 4.46. The third kappa shape index (κ3) is 3.22. The van der Waals surface area contributed by atoms with Crippen LogP contribution in [0.25, 0.3) is 0 Å². The first-order valence-electron chi connectivity index (χ1n) is 3.66. The number of halogens is 3. The summed E-state index contributed by atoms with van der Waals surface area (Å²) < 4.78 is 24.5. The number of Topliss-reactive ketones (excluding diaryl/α,β-unsaturated/α-hetero) is 1. The molecule has 1 nitrogen and oxygen atoms in total. The first-order chi connectivity index (χ1) is 6.09. The minimum absolute atomic E-state index is 0.323. The summed E-state index contributed by atoms with van der Waals surface area (Å²) in [5.41, 5.74) is 0.323. The molecule has 0 aliphatic rings. The average molecular weight is 249 g/mol. The molecule has 0 aliphatic heterocycles. The summed E-state index contributed by atoms with van der Waals surface area (Å²) in [6.45, 7) is 0. The Morgan fingerprint density at radius 1 is 1.31 bits per heavy atom. The maximum absolute atomic E-state index is 11.8. The molecule has 1 rings (SSSR count). The van der Waals surface area contributed by atoms with Crippen LogP contribution >= 0.6 is 15.9 Å². The molecule has 0 spiro atoms. The summed E-state index contributed by atoms with van der Waals surface area (Å²) in [7, 11) is 0. The molecule has 1 aromatic carbocycles. The molecular weight excluding hydrogens is 242 g/mol. The zero-order valence-electron chi connectivity index (χ0n) is 6.64. The van der Waals surface area contributed by atoms with Gasteiger partial charge in [0.25, 0.3) is 0 Å². The van der Waals surface area contributed by atoms with Crippen molar-refractivity contribution in [2.75, 3.05) is 0 Å². The predicted molar refractivity (Wildman–Crippen MR) is 49.1 cm³/mol. The molecule has 0 bridgehead atoms. The summed E-state index contributed by atoms with van der Waals surface area (Å²) in [5.74, 6) is -0.525. The molecule has 13 heavy (non-hydrogen) atoms. The van der Waals surface area contributed by atoms with Gasteiger partial charge in [0.15, 0.2) is 5.78 Å². The van der Waals surface area contributed by atoms with Gasteiger partial charge in [0.05, 0.1) is 6.42 Å². The Hall–Kier alpha value is -0.770. The Bertz CT molecular complexity index is 295. The van der Waals surface area contributed by atoms with Gasteiger partial charge in [0, 0.05) is 10.0 Å². The van der Waals surface area contributed by atoms with Crippen LogP contribution in [-0.4, -0.2) is 12.2 Å². The van der Waals surface area contributed by atoms with Crippen molar-refractivity contribution >= 4 is 21.7 Å². The van der Waals surface area contributed by atoms with E-state index in [1.807, 2.05) is 0 Å². The minimum atomic E-state index is -2.57. The summed E-state index contributed by atoms with van der Waals surface area (Å²) >= 11 is 3.19. The van der Waals surface area contributed by atoms with Crippen LogP contribution in [-0.2, 0) is 0 Å². The van der Waals surface area contributed by atoms with Gasteiger partial charge in [-0.2, -0.15) is 0 Å². The van der Waals surface area contributed by atoms with Gasteiger partial charge in [-0.05, 0) is 12.1 Å². The van der Waals surface area contributed by atoms with Crippen molar-refractivity contribution in [3.8, 4) is 0 Å². The highest BCUT2D eigenvalue weighted by Crippen LogP contribution is 2.13. The fourth-order valence-corrected chi connectivity index (χ4v) is 1.16. The van der Waals surface area contributed by atoms with Gasteiger partial charge in [-0.25, -0.2) is 8.78 Å². The number of ketones is 1. The zero-order valence-corrected chi connectivity index (χ0v) is 8.22. The molecule has 0 saturated carbocycles. The maximum atomic E-state index is 11.8. The molecule has 0 amide bonds. The van der Waals surface area contributed by atoms with Crippen LogP contribution in [0.3, 0.4) is 0 Å². The Morgan fingerprint density at radius 3 is 2.31 bits per heavy atom. The maximum Gasteiger partial charge on any atom is 0.245 e. The highest BCUT2D eigenvalue weighted by molar-refractivity contribution is 9.10. The van der Waals surface area contributed by atoms with Crippen molar-refractivity contribution in [3.63, 3.8) is 0 Å². The standard InChI is InChI=1S/C9H7BrF2O/c10-7-3-1-6(2-4-7)8(13)5-9(11)12/h1-4,9H,5H2. The van der Waals surface area contributed by atoms with E-state index >= 15 is 0 Å². The number of carbonyl (C=O) groups excluding carboxylic acids is 1. The number of hydrogen-bond acceptors (Lipinski definition) is 1. The molecule has 0 aromatic heterocycles. The van der Waals surface area contributed by atoms with E-state index in [2.05, 4.69) is 15.9 Å². The molecule has 0 saturated heterocycles. The molecule has 0 aliphatic carbocycles. The average Bonchev–Trinajstić information content (AvgIpc) is 2.04. The lowest BCUT2D eigenvalue weighted by Gasteiger charge is -1.99. The smallest absolute Gasteiger partial charge is 0.245 e. The Labute approximate surface area is 82.9 Å². The summed E-state index contributed by atoms with van der Waals surface area (Å²) in [5, 5.41) is 0. The Kier molecular flexibility index (Phi) is 3.54. The summed E-state index contributed by atoms with van der Waals surface area (Å²) in [4.78, 5) is 11.1. The molecule has 0 heterocycles. The lowest BCUT2D eigenvalue weighted by molar-refractivity contribution is 0.0829. The largest absolute Gasteiger partial charge is 0.294 e. The number of hydrogen-bond donors (Lipinski definition) is 0. The number of carbonyl (C=O) groups is 1. The second-order valence-electron chi connectivity index (χ2n) is 2.53. The van der Waals surface area contributed by atoms with Crippen LogP contribution in [0.4, 0.5) is 8.78 Å². The molecule has 0 atom stereocenters. The number of rotatable bonds is 3. The van der Waals surface area contributed by atoms with Crippen molar-refractivity contribution in [2.45, 2.75) is 12.8 Å². The van der Waals surface area contributed by atoms with Crippen LogP contribution in [0.15, 0.2) is 28.7 Å². The van der Waals surface area contributed by atoms with Gasteiger partial charge < -0.3 is 0 Å². The number of benzene rings is 1. The fraction of sp³-hybridized carbons (Fsp3) is 0.222. The molecule has 0 fully saturated rings. The van der Waals surface area contributed by atoms with Gasteiger partial charge in [0.1, 0.15) is 0 Å². The topological polar surface area (TPSA) is 17.1 Å². The van der Waals surface area contributed by atoms with E-state index in [1.165, 1.54) is 12.1 Å². The molecule has 0 radical (unpaired) electrons. The highest BCUT2D eigenvalue weighted by Gasteiger charge is 2.12. The quantitative estimate of drug-likeness (QED) is 0.751. The summed E-state index contributed by atoms with van der Waals surface area (Å²) in [6, 6.07) is 6.35. The molecule has 0 unspecified atom stereocenters. The van der Waals surface area contributed by atoms with Crippen LogP contribution in [0.1, 0.15) is 16.8 Å². The SMILES string of the molecule is O=C(CC(F)F)c1ccc(Br)cc1. The third-order valence-corrected chi connectivity index (χ3v) is 2.03. The highest BCUT2D eigenvalue weighted by atomic mass is 79.9. The van der Waals surface area contributed by atoms with Crippen LogP contribution in [0.2, 0.25) is 0 Å². The zero-order chi connectivity index (χ0) is 9.84. The Morgan fingerprint density at radius 2 is 1.85 bits per heavy atom. The fourth-order valence-electron chi connectivity index (χ4n) is 0.894. The van der Waals surface area contributed by atoms with Crippen LogP contribution in [0.5, 0.6) is 0 Å². The second-order valence-corrected chi connectivity index (χ2v) is 3.44. The molecule has 0 N–H and O–H groups in total. The molecule has 70 valence electrons. The van der Waals surface area contributed by atoms with Gasteiger partial charge >= 0.3 is 0 Å². The van der Waals surface area contributed by atoms with Gasteiger partial charge in [-0.1, -0.05) is 28.1 Å². The van der Waals surface area contributed by atoms with E-state index in [4.69, 9.17) is 0 Å². The van der Waals surface area contributed by atoms with E-state index in [9.17, 15) is 13.6 Å². The van der Waals surface area contributed by atoms with E-state index in [0.717, 1.165) is 4.47 Å². The van der Waals surface area contributed by atoms with Crippen LogP contribution in [0, 0.1) is 0 Å². The normalized spacial score (nSPS) is 10.5. The monoisotopic (exact) mass is 248 g/mol. The Balaban J connectivity index is 2.72. The minimum Gasteiger partial charge on any atom is -0.294 e. The van der Waals surface area contributed by atoms with E-state index in [1.54, 1.807) is 12.1 Å². The van der Waals surface area contributed by atoms with E-state index < -0.39 is 18.6 Å². The molecular formula is C9H7BrF2O. The van der Waals surface area contributed by atoms with Crippen LogP contribution < -0.4 is 0 Å². The van der Waals surface area contributed by atoms with Crippen molar-refractivity contribution in [1.82, 2.24) is 0 Å². The van der Waals surface area contributed by atoms with Crippen molar-refractivity contribution in [1.29, 1.82) is 0 Å². The lowest BCUT2D eigenvalue weighted by Crippen LogP contribution is -2.04. The van der Waals surface area contributed by atoms with Gasteiger partial charge in [-0.3, -0.25) is 4.79 Å². The van der Waals surface area contributed by atoms with Crippen molar-refractivity contribution in [2.24, 2.45) is 0 Å².